The first-order chi connectivity index (χ1) is 27.1. The SMILES string of the molecule is Clc1cccc(Cl)c1-c1c2nc(c(-c3c(Cl)cccc3Cl)c3ccc([nH]3)c(-c3c(Cl)cccc3Cl)c3nc(c(-c4c(Cl)cccc4Cl)c4ccc1[nH]4)C=C3)C=C2.[Mn+3]. The fourth-order valence-electron chi connectivity index (χ4n) is 7.20. The monoisotopic (exact) mass is 941 g/mol. The van der Waals surface area contributed by atoms with Gasteiger partial charge in [0, 0.05) is 66.6 Å². The Hall–Kier alpha value is -3.68. The van der Waals surface area contributed by atoms with E-state index in [1.165, 1.54) is 0 Å². The largest absolute Gasteiger partial charge is 3.00 e. The maximum absolute atomic E-state index is 6.95. The van der Waals surface area contributed by atoms with Gasteiger partial charge >= 0.3 is 17.1 Å². The zero-order valence-corrected chi connectivity index (χ0v) is 36.1. The Morgan fingerprint density at radius 1 is 0.281 bits per heavy atom. The van der Waals surface area contributed by atoms with Crippen molar-refractivity contribution >= 4 is 139 Å². The molecule has 0 fully saturated rings. The average Bonchev–Trinajstić information content (AvgIpc) is 4.00. The Bertz CT molecular complexity index is 2560. The molecule has 57 heavy (non-hydrogen) atoms. The van der Waals surface area contributed by atoms with E-state index in [4.69, 9.17) is 103 Å². The second kappa shape index (κ2) is 16.2. The molecule has 13 heteroatoms. The maximum atomic E-state index is 6.95. The van der Waals surface area contributed by atoms with E-state index in [9.17, 15) is 0 Å². The van der Waals surface area contributed by atoms with Crippen LogP contribution in [-0.4, -0.2) is 19.9 Å². The van der Waals surface area contributed by atoms with Crippen LogP contribution in [0.5, 0.6) is 0 Å². The smallest absolute Gasteiger partial charge is 0.354 e. The number of nitrogens with zero attached hydrogens (tertiary/aromatic N) is 2. The second-order valence-electron chi connectivity index (χ2n) is 12.9. The van der Waals surface area contributed by atoms with Crippen LogP contribution >= 0.6 is 92.8 Å². The van der Waals surface area contributed by atoms with Crippen molar-refractivity contribution in [1.29, 1.82) is 0 Å². The van der Waals surface area contributed by atoms with Crippen molar-refractivity contribution in [2.45, 2.75) is 0 Å². The summed E-state index contributed by atoms with van der Waals surface area (Å²) in [4.78, 5) is 17.8. The molecule has 8 bridgehead atoms. The maximum Gasteiger partial charge on any atom is 3.00 e. The molecule has 5 heterocycles. The number of hydrogen-bond acceptors (Lipinski definition) is 2. The summed E-state index contributed by atoms with van der Waals surface area (Å²) in [6.45, 7) is 0. The van der Waals surface area contributed by atoms with Gasteiger partial charge in [0.05, 0.1) is 63.0 Å². The summed E-state index contributed by atoms with van der Waals surface area (Å²) < 4.78 is 0. The Morgan fingerprint density at radius 3 is 0.667 bits per heavy atom. The first-order valence-electron chi connectivity index (χ1n) is 17.0. The Kier molecular flexibility index (Phi) is 11.4. The minimum Gasteiger partial charge on any atom is -0.354 e. The van der Waals surface area contributed by atoms with E-state index in [2.05, 4.69) is 9.97 Å². The summed E-state index contributed by atoms with van der Waals surface area (Å²) in [5.74, 6) is 0. The normalized spacial score (nSPS) is 11.9. The molecule has 0 radical (unpaired) electrons. The predicted molar refractivity (Wildman–Crippen MR) is 241 cm³/mol. The number of H-pyrrole nitrogens is 2. The van der Waals surface area contributed by atoms with Crippen LogP contribution < -0.4 is 0 Å². The summed E-state index contributed by atoms with van der Waals surface area (Å²) in [5, 5.41) is 3.53. The molecule has 0 amide bonds. The molecule has 4 nitrogen and oxygen atoms in total. The van der Waals surface area contributed by atoms with E-state index in [1.807, 2.05) is 48.6 Å². The molecule has 0 saturated carbocycles. The molecule has 3 aromatic heterocycles. The first kappa shape index (κ1) is 40.1. The molecule has 2 aliphatic rings. The number of aromatic amines is 2. The number of fused-ring (bicyclic) bond motifs is 8. The number of nitrogens with one attached hydrogen (secondary N) is 2. The van der Waals surface area contributed by atoms with Crippen LogP contribution in [0.25, 0.3) is 90.9 Å². The van der Waals surface area contributed by atoms with Crippen LogP contribution in [-0.2, 0) is 17.1 Å². The fraction of sp³-hybridized carbons (Fsp3) is 0. The predicted octanol–water partition coefficient (Wildman–Crippen LogP) is 16.5. The third-order valence-electron chi connectivity index (χ3n) is 9.60. The molecule has 0 saturated heterocycles. The van der Waals surface area contributed by atoms with Crippen molar-refractivity contribution in [3.63, 3.8) is 0 Å². The molecule has 0 unspecified atom stereocenters. The average molecular weight is 945 g/mol. The van der Waals surface area contributed by atoms with Crippen LogP contribution in [0, 0.1) is 0 Å². The Morgan fingerprint density at radius 2 is 0.474 bits per heavy atom. The zero-order chi connectivity index (χ0) is 38.8. The van der Waals surface area contributed by atoms with Crippen LogP contribution in [0.15, 0.2) is 97.1 Å². The van der Waals surface area contributed by atoms with Gasteiger partial charge in [-0.3, -0.25) is 0 Å². The van der Waals surface area contributed by atoms with Crippen molar-refractivity contribution in [2.75, 3.05) is 0 Å². The molecule has 0 spiro atoms. The van der Waals surface area contributed by atoms with Crippen molar-refractivity contribution in [3.8, 4) is 44.5 Å². The molecule has 278 valence electrons. The van der Waals surface area contributed by atoms with Gasteiger partial charge in [0.15, 0.2) is 0 Å². The molecule has 0 aliphatic carbocycles. The van der Waals surface area contributed by atoms with E-state index in [0.717, 1.165) is 0 Å². The Balaban J connectivity index is 0.00000455. The van der Waals surface area contributed by atoms with Gasteiger partial charge in [-0.25, -0.2) is 9.97 Å². The number of benzene rings is 4. The quantitative estimate of drug-likeness (QED) is 0.173. The molecule has 2 aliphatic heterocycles. The summed E-state index contributed by atoms with van der Waals surface area (Å²) in [6, 6.07) is 29.3. The first-order valence-corrected chi connectivity index (χ1v) is 20.0. The number of hydrogen-bond donors (Lipinski definition) is 2. The summed E-state index contributed by atoms with van der Waals surface area (Å²) in [7, 11) is 0. The van der Waals surface area contributed by atoms with E-state index in [1.54, 1.807) is 72.8 Å². The van der Waals surface area contributed by atoms with E-state index < -0.39 is 0 Å². The van der Waals surface area contributed by atoms with Crippen LogP contribution in [0.1, 0.15) is 22.8 Å². The molecular formula is C44H22Cl8MnN4+3. The third-order valence-corrected chi connectivity index (χ3v) is 12.1. The van der Waals surface area contributed by atoms with Crippen molar-refractivity contribution in [1.82, 2.24) is 19.9 Å². The van der Waals surface area contributed by atoms with Gasteiger partial charge in [-0.1, -0.05) is 117 Å². The number of rotatable bonds is 4. The van der Waals surface area contributed by atoms with Crippen molar-refractivity contribution < 1.29 is 17.1 Å². The summed E-state index contributed by atoms with van der Waals surface area (Å²) >= 11 is 55.6. The molecule has 2 N–H and O–H groups in total. The molecule has 9 rings (SSSR count). The van der Waals surface area contributed by atoms with Gasteiger partial charge < -0.3 is 9.97 Å². The standard InChI is InChI=1S/C44H22Cl8N4.Mn/c45-21-5-1-6-22(46)37(21)41-29-13-15-31(53-29)42(38-23(47)7-2-8-24(38)48)33-17-19-35(55-33)44(40-27(51)11-4-12-28(40)52)36-20-18-34(56-36)43(32-16-14-30(41)54-32)39-25(49)9-3-10-26(39)50;/h1-20,53,56H;/q;+3. The number of halogens is 8. The fourth-order valence-corrected chi connectivity index (χ4v) is 9.55. The molecule has 4 aromatic carbocycles. The van der Waals surface area contributed by atoms with Gasteiger partial charge in [-0.15, -0.1) is 0 Å². The zero-order valence-electron chi connectivity index (χ0n) is 28.8. The van der Waals surface area contributed by atoms with Gasteiger partial charge in [-0.05, 0) is 97.1 Å². The topological polar surface area (TPSA) is 57.4 Å². The van der Waals surface area contributed by atoms with Gasteiger partial charge in [0.1, 0.15) is 0 Å². The number of aromatic nitrogens is 4. The van der Waals surface area contributed by atoms with Crippen molar-refractivity contribution in [3.05, 3.63) is 160 Å². The van der Waals surface area contributed by atoms with Gasteiger partial charge in [0.2, 0.25) is 0 Å². The molecular weight excluding hydrogens is 923 g/mol. The molecule has 7 aromatic rings. The van der Waals surface area contributed by atoms with Crippen molar-refractivity contribution in [2.24, 2.45) is 0 Å². The van der Waals surface area contributed by atoms with Crippen LogP contribution in [0.3, 0.4) is 0 Å². The van der Waals surface area contributed by atoms with Gasteiger partial charge in [-0.2, -0.15) is 0 Å². The Labute approximate surface area is 377 Å². The summed E-state index contributed by atoms with van der Waals surface area (Å²) in [6.07, 6.45) is 7.66. The van der Waals surface area contributed by atoms with Crippen LogP contribution in [0.4, 0.5) is 0 Å². The minimum atomic E-state index is 0. The van der Waals surface area contributed by atoms with E-state index in [0.29, 0.717) is 130 Å². The van der Waals surface area contributed by atoms with Crippen LogP contribution in [0.2, 0.25) is 40.2 Å². The molecule has 0 atom stereocenters. The second-order valence-corrected chi connectivity index (χ2v) is 16.1. The summed E-state index contributed by atoms with van der Waals surface area (Å²) in [5.41, 5.74) is 10.1. The minimum absolute atomic E-state index is 0. The van der Waals surface area contributed by atoms with E-state index >= 15 is 0 Å². The van der Waals surface area contributed by atoms with E-state index in [-0.39, 0.29) is 17.1 Å². The third kappa shape index (κ3) is 7.13. The van der Waals surface area contributed by atoms with Gasteiger partial charge in [0.25, 0.3) is 0 Å².